The summed E-state index contributed by atoms with van der Waals surface area (Å²) in [6, 6.07) is 17.1. The van der Waals surface area contributed by atoms with E-state index in [1.807, 2.05) is 60.4 Å². The van der Waals surface area contributed by atoms with Crippen LogP contribution in [0.2, 0.25) is 0 Å². The fourth-order valence-corrected chi connectivity index (χ4v) is 5.42. The lowest BCUT2D eigenvalue weighted by molar-refractivity contribution is -0.137. The Morgan fingerprint density at radius 1 is 0.939 bits per heavy atom. The molecule has 6 heteroatoms. The van der Waals surface area contributed by atoms with E-state index in [9.17, 15) is 13.2 Å². The maximum atomic E-state index is 13.7. The van der Waals surface area contributed by atoms with Crippen molar-refractivity contribution in [3.63, 3.8) is 0 Å². The summed E-state index contributed by atoms with van der Waals surface area (Å²) in [5.74, 6) is 0.530. The standard InChI is InChI=1S/C27H26F3N3/c1-6-26(5)19-12-8-10-14-21(19)33-23-22(15-18(16-31-23)27(28,29)30)32(24(33)25(26,3)4)20-13-9-7-11-17(20)2/h6-16,24H,1H2,2-5H3. The average molecular weight is 450 g/mol. The number of rotatable bonds is 2. The van der Waals surface area contributed by atoms with Gasteiger partial charge in [-0.25, -0.2) is 4.98 Å². The van der Waals surface area contributed by atoms with Crippen LogP contribution in [0.4, 0.5) is 36.1 Å². The van der Waals surface area contributed by atoms with E-state index in [1.54, 1.807) is 0 Å². The molecular weight excluding hydrogens is 423 g/mol. The molecule has 0 fully saturated rings. The summed E-state index contributed by atoms with van der Waals surface area (Å²) in [5.41, 5.74) is 2.71. The lowest BCUT2D eigenvalue weighted by Crippen LogP contribution is -2.60. The average Bonchev–Trinajstić information content (AvgIpc) is 3.13. The highest BCUT2D eigenvalue weighted by Crippen LogP contribution is 2.62. The zero-order valence-electron chi connectivity index (χ0n) is 19.1. The molecule has 2 aromatic carbocycles. The highest BCUT2D eigenvalue weighted by Gasteiger charge is 2.59. The SMILES string of the molecule is C=CC1(C)c2ccccc2N2c3ncc(C(F)(F)F)cc3N(c3ccccc3C)C2C1(C)C. The van der Waals surface area contributed by atoms with Crippen molar-refractivity contribution in [3.05, 3.63) is 90.1 Å². The molecule has 0 N–H and O–H groups in total. The first-order valence-corrected chi connectivity index (χ1v) is 11.0. The molecular formula is C27H26F3N3. The fraction of sp³-hybridized carbons (Fsp3) is 0.296. The minimum atomic E-state index is -4.48. The zero-order valence-corrected chi connectivity index (χ0v) is 19.1. The fourth-order valence-electron chi connectivity index (χ4n) is 5.42. The Balaban J connectivity index is 1.87. The Labute approximate surface area is 192 Å². The first-order valence-electron chi connectivity index (χ1n) is 11.0. The normalized spacial score (nSPS) is 23.1. The van der Waals surface area contributed by atoms with E-state index in [-0.39, 0.29) is 6.17 Å². The second kappa shape index (κ2) is 6.86. The highest BCUT2D eigenvalue weighted by atomic mass is 19.4. The predicted octanol–water partition coefficient (Wildman–Crippen LogP) is 7.51. The Bertz CT molecular complexity index is 1260. The van der Waals surface area contributed by atoms with Crippen LogP contribution in [0.5, 0.6) is 0 Å². The van der Waals surface area contributed by atoms with Crippen molar-refractivity contribution in [2.75, 3.05) is 9.80 Å². The van der Waals surface area contributed by atoms with E-state index in [2.05, 4.69) is 43.3 Å². The summed E-state index contributed by atoms with van der Waals surface area (Å²) in [7, 11) is 0. The molecule has 2 aliphatic rings. The number of hydrogen-bond donors (Lipinski definition) is 0. The summed E-state index contributed by atoms with van der Waals surface area (Å²) in [6.45, 7) is 12.6. The number of alkyl halides is 3. The first kappa shape index (κ1) is 21.6. The van der Waals surface area contributed by atoms with Crippen LogP contribution in [0.15, 0.2) is 73.4 Å². The first-order chi connectivity index (χ1) is 15.5. The van der Waals surface area contributed by atoms with Crippen LogP contribution < -0.4 is 9.80 Å². The lowest BCUT2D eigenvalue weighted by Gasteiger charge is -2.56. The summed E-state index contributed by atoms with van der Waals surface area (Å²) in [6.07, 6.45) is -1.88. The highest BCUT2D eigenvalue weighted by molar-refractivity contribution is 5.89. The van der Waals surface area contributed by atoms with Crippen molar-refractivity contribution in [1.82, 2.24) is 4.98 Å². The number of allylic oxidation sites excluding steroid dienone is 1. The van der Waals surface area contributed by atoms with Gasteiger partial charge in [0.05, 0.1) is 11.3 Å². The number of hydrogen-bond acceptors (Lipinski definition) is 3. The third-order valence-electron chi connectivity index (χ3n) is 7.64. The number of para-hydroxylation sites is 2. The molecule has 0 saturated carbocycles. The van der Waals surface area contributed by atoms with Gasteiger partial charge in [-0.3, -0.25) is 0 Å². The number of fused-ring (bicyclic) bond motifs is 5. The quantitative estimate of drug-likeness (QED) is 0.378. The maximum Gasteiger partial charge on any atom is 0.417 e. The van der Waals surface area contributed by atoms with Gasteiger partial charge in [-0.2, -0.15) is 13.2 Å². The van der Waals surface area contributed by atoms with E-state index in [4.69, 9.17) is 0 Å². The van der Waals surface area contributed by atoms with Gasteiger partial charge in [0.15, 0.2) is 5.82 Å². The summed E-state index contributed by atoms with van der Waals surface area (Å²) in [5, 5.41) is 0. The van der Waals surface area contributed by atoms with E-state index in [0.717, 1.165) is 28.7 Å². The minimum Gasteiger partial charge on any atom is -0.316 e. The van der Waals surface area contributed by atoms with Crippen molar-refractivity contribution in [1.29, 1.82) is 0 Å². The number of pyridine rings is 1. The number of aryl methyl sites for hydroxylation is 1. The van der Waals surface area contributed by atoms with Crippen LogP contribution in [-0.2, 0) is 11.6 Å². The third-order valence-corrected chi connectivity index (χ3v) is 7.64. The van der Waals surface area contributed by atoms with Crippen molar-refractivity contribution >= 4 is 22.9 Å². The summed E-state index contributed by atoms with van der Waals surface area (Å²) >= 11 is 0. The Morgan fingerprint density at radius 2 is 1.58 bits per heavy atom. The molecule has 3 aromatic rings. The Kier molecular flexibility index (Phi) is 4.48. The summed E-state index contributed by atoms with van der Waals surface area (Å²) in [4.78, 5) is 8.52. The molecule has 0 amide bonds. The van der Waals surface area contributed by atoms with Gasteiger partial charge in [-0.05, 0) is 36.2 Å². The largest absolute Gasteiger partial charge is 0.417 e. The lowest BCUT2D eigenvalue weighted by atomic mass is 9.58. The van der Waals surface area contributed by atoms with Crippen LogP contribution in [0.3, 0.4) is 0 Å². The van der Waals surface area contributed by atoms with Crippen LogP contribution in [-0.4, -0.2) is 11.1 Å². The van der Waals surface area contributed by atoms with Gasteiger partial charge >= 0.3 is 6.18 Å². The monoisotopic (exact) mass is 449 g/mol. The topological polar surface area (TPSA) is 19.4 Å². The number of benzene rings is 2. The van der Waals surface area contributed by atoms with Gasteiger partial charge < -0.3 is 9.80 Å². The van der Waals surface area contributed by atoms with Crippen molar-refractivity contribution in [2.24, 2.45) is 5.41 Å². The van der Waals surface area contributed by atoms with Crippen LogP contribution in [0.1, 0.15) is 37.5 Å². The Hall–Kier alpha value is -3.28. The molecule has 0 radical (unpaired) electrons. The molecule has 3 nitrogen and oxygen atoms in total. The van der Waals surface area contributed by atoms with E-state index >= 15 is 0 Å². The second-order valence-electron chi connectivity index (χ2n) is 9.61. The molecule has 0 spiro atoms. The van der Waals surface area contributed by atoms with Crippen LogP contribution in [0.25, 0.3) is 0 Å². The number of halogens is 3. The molecule has 0 saturated heterocycles. The van der Waals surface area contributed by atoms with E-state index < -0.39 is 22.6 Å². The van der Waals surface area contributed by atoms with Gasteiger partial charge in [0.25, 0.3) is 0 Å². The zero-order chi connectivity index (χ0) is 23.8. The van der Waals surface area contributed by atoms with Crippen LogP contribution in [0, 0.1) is 12.3 Å². The molecule has 3 heterocycles. The van der Waals surface area contributed by atoms with E-state index in [0.29, 0.717) is 11.5 Å². The molecule has 0 bridgehead atoms. The predicted molar refractivity (Wildman–Crippen MR) is 126 cm³/mol. The van der Waals surface area contributed by atoms with Crippen molar-refractivity contribution in [2.45, 2.75) is 45.5 Å². The molecule has 1 aromatic heterocycles. The molecule has 2 unspecified atom stereocenters. The Morgan fingerprint density at radius 3 is 2.21 bits per heavy atom. The number of nitrogens with zero attached hydrogens (tertiary/aromatic N) is 3. The second-order valence-corrected chi connectivity index (χ2v) is 9.61. The number of anilines is 4. The maximum absolute atomic E-state index is 13.7. The minimum absolute atomic E-state index is 0.303. The molecule has 5 rings (SSSR count). The van der Waals surface area contributed by atoms with Crippen molar-refractivity contribution < 1.29 is 13.2 Å². The van der Waals surface area contributed by atoms with Crippen molar-refractivity contribution in [3.8, 4) is 0 Å². The van der Waals surface area contributed by atoms with Gasteiger partial charge in [-0.1, -0.05) is 63.2 Å². The molecule has 2 aliphatic heterocycles. The van der Waals surface area contributed by atoms with Gasteiger partial charge in [0.2, 0.25) is 0 Å². The summed E-state index contributed by atoms with van der Waals surface area (Å²) < 4.78 is 41.2. The van der Waals surface area contributed by atoms with Crippen LogP contribution >= 0.6 is 0 Å². The molecule has 2 atom stereocenters. The van der Waals surface area contributed by atoms with Gasteiger partial charge in [-0.15, -0.1) is 6.58 Å². The van der Waals surface area contributed by atoms with Gasteiger partial charge in [0.1, 0.15) is 6.17 Å². The smallest absolute Gasteiger partial charge is 0.316 e. The molecule has 0 aliphatic carbocycles. The third kappa shape index (κ3) is 2.79. The number of aromatic nitrogens is 1. The van der Waals surface area contributed by atoms with Gasteiger partial charge in [0, 0.05) is 28.4 Å². The molecule has 33 heavy (non-hydrogen) atoms. The molecule has 170 valence electrons. The van der Waals surface area contributed by atoms with E-state index in [1.165, 1.54) is 6.07 Å².